The number of aromatic nitrogens is 3. The van der Waals surface area contributed by atoms with Crippen molar-refractivity contribution in [2.24, 2.45) is 5.41 Å². The Hall–Kier alpha value is -3.85. The van der Waals surface area contributed by atoms with Gasteiger partial charge in [-0.15, -0.1) is 0 Å². The number of allylic oxidation sites excluding steroid dienone is 1. The van der Waals surface area contributed by atoms with Crippen LogP contribution in [-0.4, -0.2) is 83.7 Å². The molecule has 0 aliphatic carbocycles. The quantitative estimate of drug-likeness (QED) is 0.230. The second kappa shape index (κ2) is 14.5. The van der Waals surface area contributed by atoms with Crippen LogP contribution in [0.15, 0.2) is 34.8 Å². The molecule has 0 spiro atoms. The third-order valence-electron chi connectivity index (χ3n) is 7.45. The second-order valence-electron chi connectivity index (χ2n) is 11.8. The molecule has 0 bridgehead atoms. The summed E-state index contributed by atoms with van der Waals surface area (Å²) in [6, 6.07) is 5.33. The Balaban J connectivity index is 1.60. The van der Waals surface area contributed by atoms with Crippen LogP contribution in [0.4, 0.5) is 5.95 Å². The number of methoxy groups -OCH3 is 2. The maximum absolute atomic E-state index is 14.1. The Morgan fingerprint density at radius 3 is 2.29 bits per heavy atom. The van der Waals surface area contributed by atoms with E-state index < -0.39 is 0 Å². The molecule has 4 rings (SSSR count). The number of ether oxygens (including phenoxy) is 2. The number of rotatable bonds is 10. The first-order chi connectivity index (χ1) is 21.4. The van der Waals surface area contributed by atoms with Gasteiger partial charge in [0, 0.05) is 62.5 Å². The molecule has 1 aliphatic rings. The Morgan fingerprint density at radius 1 is 1.09 bits per heavy atom. The van der Waals surface area contributed by atoms with Gasteiger partial charge in [0.15, 0.2) is 0 Å². The van der Waals surface area contributed by atoms with Gasteiger partial charge in [-0.1, -0.05) is 50.0 Å². The number of pyridine rings is 1. The molecule has 1 saturated heterocycles. The van der Waals surface area contributed by atoms with Crippen LogP contribution in [-0.2, 0) is 11.3 Å². The zero-order chi connectivity index (χ0) is 32.9. The summed E-state index contributed by atoms with van der Waals surface area (Å²) in [5.74, 6) is 0.838. The van der Waals surface area contributed by atoms with E-state index in [0.29, 0.717) is 86.3 Å². The Bertz CT molecular complexity index is 1670. The molecule has 45 heavy (non-hydrogen) atoms. The van der Waals surface area contributed by atoms with E-state index in [9.17, 15) is 14.9 Å². The van der Waals surface area contributed by atoms with Gasteiger partial charge >= 0.3 is 0 Å². The molecule has 0 atom stereocenters. The van der Waals surface area contributed by atoms with Crippen LogP contribution in [0, 0.1) is 16.7 Å². The zero-order valence-electron chi connectivity index (χ0n) is 26.5. The topological polar surface area (TPSA) is 126 Å². The lowest BCUT2D eigenvalue weighted by Gasteiger charge is -2.34. The van der Waals surface area contributed by atoms with Gasteiger partial charge in [0.05, 0.1) is 29.8 Å². The van der Waals surface area contributed by atoms with E-state index in [1.165, 1.54) is 14.2 Å². The van der Waals surface area contributed by atoms with Crippen molar-refractivity contribution in [1.82, 2.24) is 24.3 Å². The highest BCUT2D eigenvalue weighted by atomic mass is 35.5. The minimum atomic E-state index is -0.312. The van der Waals surface area contributed by atoms with Crippen molar-refractivity contribution < 1.29 is 14.3 Å². The number of nitrogens with one attached hydrogen (secondary N) is 1. The summed E-state index contributed by atoms with van der Waals surface area (Å²) in [6.07, 6.45) is 4.03. The largest absolute Gasteiger partial charge is 0.495 e. The van der Waals surface area contributed by atoms with E-state index in [2.05, 4.69) is 26.3 Å². The number of piperazine rings is 1. The number of hydrogen-bond acceptors (Lipinski definition) is 9. The van der Waals surface area contributed by atoms with Crippen LogP contribution >= 0.6 is 23.2 Å². The number of hydrogen-bond donors (Lipinski definition) is 1. The van der Waals surface area contributed by atoms with E-state index in [4.69, 9.17) is 32.7 Å². The van der Waals surface area contributed by atoms with Crippen LogP contribution in [0.5, 0.6) is 11.5 Å². The fraction of sp³-hybridized carbons (Fsp3) is 0.469. The van der Waals surface area contributed by atoms with Gasteiger partial charge in [-0.2, -0.15) is 10.2 Å². The molecule has 1 aliphatic heterocycles. The first kappa shape index (κ1) is 34.0. The van der Waals surface area contributed by atoms with Crippen LogP contribution in [0.3, 0.4) is 0 Å². The summed E-state index contributed by atoms with van der Waals surface area (Å²) in [4.78, 5) is 40.1. The highest BCUT2D eigenvalue weighted by molar-refractivity contribution is 6.41. The molecular weight excluding hydrogens is 617 g/mol. The van der Waals surface area contributed by atoms with Crippen LogP contribution in [0.1, 0.15) is 34.1 Å². The number of nitrogens with zero attached hydrogens (tertiary/aromatic N) is 6. The molecule has 0 radical (unpaired) electrons. The number of amides is 1. The zero-order valence-corrected chi connectivity index (χ0v) is 28.1. The molecule has 3 aromatic rings. The predicted molar refractivity (Wildman–Crippen MR) is 177 cm³/mol. The summed E-state index contributed by atoms with van der Waals surface area (Å²) >= 11 is 13.4. The monoisotopic (exact) mass is 655 g/mol. The van der Waals surface area contributed by atoms with E-state index in [-0.39, 0.29) is 38.1 Å². The molecule has 240 valence electrons. The third kappa shape index (κ3) is 7.69. The number of benzene rings is 1. The Labute approximate surface area is 273 Å². The number of aryl methyl sites for hydroxylation is 1. The van der Waals surface area contributed by atoms with Gasteiger partial charge in [-0.3, -0.25) is 19.1 Å². The van der Waals surface area contributed by atoms with Gasteiger partial charge in [0.1, 0.15) is 28.8 Å². The Kier molecular flexibility index (Phi) is 11.0. The van der Waals surface area contributed by atoms with Crippen molar-refractivity contribution in [2.45, 2.75) is 40.7 Å². The number of carbonyl (C=O) groups excluding carboxylic acids is 1. The highest BCUT2D eigenvalue weighted by Gasteiger charge is 2.26. The normalized spacial score (nSPS) is 14.4. The average Bonchev–Trinajstić information content (AvgIpc) is 3.01. The van der Waals surface area contributed by atoms with Gasteiger partial charge in [0.2, 0.25) is 5.95 Å². The number of carbonyl (C=O) groups is 1. The van der Waals surface area contributed by atoms with Crippen molar-refractivity contribution in [3.8, 4) is 28.7 Å². The maximum atomic E-state index is 14.1. The first-order valence-electron chi connectivity index (χ1n) is 14.8. The molecule has 3 heterocycles. The van der Waals surface area contributed by atoms with Crippen molar-refractivity contribution in [3.05, 3.63) is 50.4 Å². The second-order valence-corrected chi connectivity index (χ2v) is 12.6. The molecular formula is C32H39Cl2N7O4. The van der Waals surface area contributed by atoms with E-state index in [1.54, 1.807) is 33.9 Å². The molecule has 1 N–H and O–H groups in total. The molecule has 1 amide bonds. The molecule has 1 aromatic carbocycles. The fourth-order valence-corrected chi connectivity index (χ4v) is 5.99. The number of anilines is 1. The van der Waals surface area contributed by atoms with Crippen LogP contribution in [0.25, 0.3) is 22.2 Å². The summed E-state index contributed by atoms with van der Waals surface area (Å²) in [7, 11) is 2.96. The average molecular weight is 657 g/mol. The highest BCUT2D eigenvalue weighted by Crippen LogP contribution is 2.45. The van der Waals surface area contributed by atoms with E-state index in [0.717, 1.165) is 0 Å². The van der Waals surface area contributed by atoms with Crippen molar-refractivity contribution in [2.75, 3.05) is 58.8 Å². The van der Waals surface area contributed by atoms with Crippen molar-refractivity contribution in [1.29, 1.82) is 5.26 Å². The predicted octanol–water partition coefficient (Wildman–Crippen LogP) is 5.24. The molecule has 2 aromatic heterocycles. The number of fused-ring (bicyclic) bond motifs is 1. The minimum Gasteiger partial charge on any atom is -0.495 e. The van der Waals surface area contributed by atoms with Crippen molar-refractivity contribution >= 4 is 46.1 Å². The summed E-state index contributed by atoms with van der Waals surface area (Å²) in [5.41, 5.74) is 0.669. The van der Waals surface area contributed by atoms with Gasteiger partial charge in [-0.25, -0.2) is 4.98 Å². The smallest absolute Gasteiger partial charge is 0.264 e. The SMILES string of the molecule is CCNc1ncc2cc(-c3c(Cl)c(OC)cc(OC)c3Cl)c(=O)n(CCCN3CCN(C(=O)C(C#N)=CC(C)(C)C)CC3)c2n1. The first-order valence-corrected chi connectivity index (χ1v) is 15.6. The van der Waals surface area contributed by atoms with E-state index in [1.807, 2.05) is 27.7 Å². The summed E-state index contributed by atoms with van der Waals surface area (Å²) in [6.45, 7) is 11.9. The minimum absolute atomic E-state index is 0.176. The standard InChI is InChI=1S/C32H39Cl2N7O4/c1-7-36-31-37-19-20-15-22(25-26(33)23(44-5)16-24(45-6)27(25)34)30(43)41(28(20)38-31)10-8-9-39-11-13-40(14-12-39)29(42)21(18-35)17-32(2,3)4/h15-17,19H,7-14H2,1-6H3,(H,36,37,38). The lowest BCUT2D eigenvalue weighted by molar-refractivity contribution is -0.128. The fourth-order valence-electron chi connectivity index (χ4n) is 5.28. The number of halogens is 2. The van der Waals surface area contributed by atoms with Gasteiger partial charge in [-0.05, 0) is 31.4 Å². The number of nitriles is 1. The lowest BCUT2D eigenvalue weighted by Crippen LogP contribution is -2.49. The summed E-state index contributed by atoms with van der Waals surface area (Å²) in [5, 5.41) is 13.7. The Morgan fingerprint density at radius 2 is 1.73 bits per heavy atom. The van der Waals surface area contributed by atoms with Gasteiger partial charge in [0.25, 0.3) is 11.5 Å². The lowest BCUT2D eigenvalue weighted by atomic mass is 9.93. The molecule has 0 saturated carbocycles. The van der Waals surface area contributed by atoms with Crippen molar-refractivity contribution in [3.63, 3.8) is 0 Å². The van der Waals surface area contributed by atoms with Crippen LogP contribution in [0.2, 0.25) is 10.0 Å². The maximum Gasteiger partial charge on any atom is 0.264 e. The molecule has 13 heteroatoms. The molecule has 11 nitrogen and oxygen atoms in total. The molecule has 1 fully saturated rings. The third-order valence-corrected chi connectivity index (χ3v) is 8.20. The van der Waals surface area contributed by atoms with Crippen LogP contribution < -0.4 is 20.3 Å². The molecule has 0 unspecified atom stereocenters. The summed E-state index contributed by atoms with van der Waals surface area (Å²) < 4.78 is 12.5. The van der Waals surface area contributed by atoms with E-state index >= 15 is 0 Å². The van der Waals surface area contributed by atoms with Gasteiger partial charge < -0.3 is 19.7 Å².